The van der Waals surface area contributed by atoms with Gasteiger partial charge in [-0.1, -0.05) is 60.7 Å². The monoisotopic (exact) mass is 278 g/mol. The Labute approximate surface area is 124 Å². The van der Waals surface area contributed by atoms with Crippen molar-refractivity contribution in [1.82, 2.24) is 20.1 Å². The molecule has 2 aromatic carbocycles. The molecule has 1 N–H and O–H groups in total. The largest absolute Gasteiger partial charge is 0.304 e. The molecule has 1 heterocycles. The number of nitrogens with one attached hydrogen (secondary N) is 1. The lowest BCUT2D eigenvalue weighted by atomic mass is 10.1. The van der Waals surface area contributed by atoms with E-state index in [-0.39, 0.29) is 6.04 Å². The molecule has 106 valence electrons. The number of rotatable bonds is 6. The summed E-state index contributed by atoms with van der Waals surface area (Å²) in [5.74, 6) is 0. The Bertz CT molecular complexity index is 635. The zero-order valence-corrected chi connectivity index (χ0v) is 11.8. The van der Waals surface area contributed by atoms with Crippen molar-refractivity contribution >= 4 is 0 Å². The molecule has 0 radical (unpaired) electrons. The molecular formula is C17H18N4. The fourth-order valence-electron chi connectivity index (χ4n) is 2.32. The minimum absolute atomic E-state index is 0.202. The van der Waals surface area contributed by atoms with Crippen LogP contribution >= 0.6 is 0 Å². The van der Waals surface area contributed by atoms with Gasteiger partial charge in [0, 0.05) is 6.54 Å². The lowest BCUT2D eigenvalue weighted by Gasteiger charge is -2.19. The van der Waals surface area contributed by atoms with E-state index in [1.807, 2.05) is 16.8 Å². The van der Waals surface area contributed by atoms with Gasteiger partial charge in [-0.15, -0.1) is 0 Å². The second-order valence-corrected chi connectivity index (χ2v) is 4.95. The van der Waals surface area contributed by atoms with Gasteiger partial charge in [0.1, 0.15) is 12.7 Å². The molecule has 4 heteroatoms. The van der Waals surface area contributed by atoms with Crippen molar-refractivity contribution in [2.75, 3.05) is 0 Å². The third kappa shape index (κ3) is 3.77. The minimum Gasteiger partial charge on any atom is -0.304 e. The van der Waals surface area contributed by atoms with Gasteiger partial charge in [-0.2, -0.15) is 5.10 Å². The maximum Gasteiger partial charge on any atom is 0.137 e. The smallest absolute Gasteiger partial charge is 0.137 e. The molecule has 3 rings (SSSR count). The summed E-state index contributed by atoms with van der Waals surface area (Å²) in [7, 11) is 0. The van der Waals surface area contributed by atoms with E-state index in [4.69, 9.17) is 0 Å². The maximum absolute atomic E-state index is 4.20. The minimum atomic E-state index is 0.202. The molecule has 1 unspecified atom stereocenters. The number of hydrogen-bond donors (Lipinski definition) is 1. The van der Waals surface area contributed by atoms with Gasteiger partial charge in [-0.3, -0.25) is 4.68 Å². The van der Waals surface area contributed by atoms with Crippen LogP contribution in [0.2, 0.25) is 0 Å². The second-order valence-electron chi connectivity index (χ2n) is 4.95. The third-order valence-corrected chi connectivity index (χ3v) is 3.43. The molecule has 0 saturated heterocycles. The molecule has 0 amide bonds. The first-order chi connectivity index (χ1) is 10.4. The van der Waals surface area contributed by atoms with Crippen molar-refractivity contribution in [3.63, 3.8) is 0 Å². The van der Waals surface area contributed by atoms with Gasteiger partial charge in [0.05, 0.1) is 12.6 Å². The molecule has 3 aromatic rings. The molecule has 0 fully saturated rings. The predicted molar refractivity (Wildman–Crippen MR) is 82.5 cm³/mol. The van der Waals surface area contributed by atoms with Gasteiger partial charge < -0.3 is 5.32 Å². The number of nitrogens with zero attached hydrogens (tertiary/aromatic N) is 3. The summed E-state index contributed by atoms with van der Waals surface area (Å²) < 4.78 is 1.86. The highest BCUT2D eigenvalue weighted by Gasteiger charge is 2.11. The van der Waals surface area contributed by atoms with Crippen molar-refractivity contribution in [2.45, 2.75) is 19.1 Å². The lowest BCUT2D eigenvalue weighted by Crippen LogP contribution is -2.25. The molecule has 21 heavy (non-hydrogen) atoms. The van der Waals surface area contributed by atoms with Crippen LogP contribution in [0, 0.1) is 0 Å². The Morgan fingerprint density at radius 2 is 1.67 bits per heavy atom. The first-order valence-corrected chi connectivity index (χ1v) is 7.06. The SMILES string of the molecule is c1ccc(CNC(Cn2cncn2)c2ccccc2)cc1. The standard InChI is InChI=1S/C17H18N4/c1-3-7-15(8-4-1)11-19-17(12-21-14-18-13-20-21)16-9-5-2-6-10-16/h1-10,13-14,17,19H,11-12H2. The van der Waals surface area contributed by atoms with Gasteiger partial charge >= 0.3 is 0 Å². The van der Waals surface area contributed by atoms with Crippen LogP contribution in [0.25, 0.3) is 0 Å². The topological polar surface area (TPSA) is 42.7 Å². The van der Waals surface area contributed by atoms with E-state index >= 15 is 0 Å². The summed E-state index contributed by atoms with van der Waals surface area (Å²) in [6.45, 7) is 1.59. The average Bonchev–Trinajstić information content (AvgIpc) is 3.06. The highest BCUT2D eigenvalue weighted by atomic mass is 15.3. The lowest BCUT2D eigenvalue weighted by molar-refractivity contribution is 0.436. The zero-order valence-electron chi connectivity index (χ0n) is 11.8. The zero-order chi connectivity index (χ0) is 14.3. The number of hydrogen-bond acceptors (Lipinski definition) is 3. The predicted octanol–water partition coefficient (Wildman–Crippen LogP) is 2.81. The van der Waals surface area contributed by atoms with E-state index in [1.54, 1.807) is 12.7 Å². The normalized spacial score (nSPS) is 12.2. The third-order valence-electron chi connectivity index (χ3n) is 3.43. The Morgan fingerprint density at radius 1 is 0.952 bits per heavy atom. The van der Waals surface area contributed by atoms with Crippen LogP contribution < -0.4 is 5.32 Å². The Hall–Kier alpha value is -2.46. The van der Waals surface area contributed by atoms with E-state index in [0.29, 0.717) is 0 Å². The van der Waals surface area contributed by atoms with Gasteiger partial charge in [0.15, 0.2) is 0 Å². The molecule has 0 saturated carbocycles. The summed E-state index contributed by atoms with van der Waals surface area (Å²) >= 11 is 0. The van der Waals surface area contributed by atoms with E-state index in [0.717, 1.165) is 13.1 Å². The van der Waals surface area contributed by atoms with Crippen LogP contribution in [0.1, 0.15) is 17.2 Å². The van der Waals surface area contributed by atoms with E-state index in [9.17, 15) is 0 Å². The molecule has 1 aromatic heterocycles. The molecule has 0 aliphatic carbocycles. The molecule has 0 aliphatic heterocycles. The van der Waals surface area contributed by atoms with Crippen LogP contribution in [0.5, 0.6) is 0 Å². The van der Waals surface area contributed by atoms with Crippen LogP contribution in [0.4, 0.5) is 0 Å². The van der Waals surface area contributed by atoms with E-state index in [2.05, 4.69) is 63.9 Å². The Morgan fingerprint density at radius 3 is 2.33 bits per heavy atom. The molecule has 1 atom stereocenters. The molecule has 0 spiro atoms. The van der Waals surface area contributed by atoms with Crippen LogP contribution in [-0.4, -0.2) is 14.8 Å². The Kier molecular flexibility index (Phi) is 4.39. The summed E-state index contributed by atoms with van der Waals surface area (Å²) in [4.78, 5) is 4.01. The van der Waals surface area contributed by atoms with E-state index in [1.165, 1.54) is 11.1 Å². The van der Waals surface area contributed by atoms with Gasteiger partial charge in [0.2, 0.25) is 0 Å². The first-order valence-electron chi connectivity index (χ1n) is 7.06. The average molecular weight is 278 g/mol. The summed E-state index contributed by atoms with van der Waals surface area (Å²) in [5, 5.41) is 7.80. The summed E-state index contributed by atoms with van der Waals surface area (Å²) in [5.41, 5.74) is 2.53. The fraction of sp³-hybridized carbons (Fsp3) is 0.176. The number of aromatic nitrogens is 3. The van der Waals surface area contributed by atoms with Crippen molar-refractivity contribution in [3.05, 3.63) is 84.4 Å². The number of benzene rings is 2. The van der Waals surface area contributed by atoms with Gasteiger partial charge in [-0.25, -0.2) is 4.98 Å². The van der Waals surface area contributed by atoms with Gasteiger partial charge in [-0.05, 0) is 11.1 Å². The van der Waals surface area contributed by atoms with Crippen molar-refractivity contribution < 1.29 is 0 Å². The summed E-state index contributed by atoms with van der Waals surface area (Å²) in [6.07, 6.45) is 3.32. The second kappa shape index (κ2) is 6.81. The van der Waals surface area contributed by atoms with Crippen molar-refractivity contribution in [1.29, 1.82) is 0 Å². The summed E-state index contributed by atoms with van der Waals surface area (Å²) in [6, 6.07) is 21.1. The van der Waals surface area contributed by atoms with Crippen molar-refractivity contribution in [2.24, 2.45) is 0 Å². The van der Waals surface area contributed by atoms with E-state index < -0.39 is 0 Å². The van der Waals surface area contributed by atoms with Crippen molar-refractivity contribution in [3.8, 4) is 0 Å². The molecule has 0 bridgehead atoms. The van der Waals surface area contributed by atoms with Crippen LogP contribution in [0.3, 0.4) is 0 Å². The van der Waals surface area contributed by atoms with Gasteiger partial charge in [0.25, 0.3) is 0 Å². The Balaban J connectivity index is 1.73. The van der Waals surface area contributed by atoms with Crippen LogP contribution in [0.15, 0.2) is 73.3 Å². The fourth-order valence-corrected chi connectivity index (χ4v) is 2.32. The molecule has 0 aliphatic rings. The highest BCUT2D eigenvalue weighted by Crippen LogP contribution is 2.15. The quantitative estimate of drug-likeness (QED) is 0.754. The van der Waals surface area contributed by atoms with Crippen LogP contribution in [-0.2, 0) is 13.1 Å². The highest BCUT2D eigenvalue weighted by molar-refractivity contribution is 5.20. The molecular weight excluding hydrogens is 260 g/mol. The maximum atomic E-state index is 4.20. The molecule has 4 nitrogen and oxygen atoms in total. The first kappa shape index (κ1) is 13.5.